The Kier molecular flexibility index (Phi) is 3.57. The van der Waals surface area contributed by atoms with Crippen molar-refractivity contribution in [3.05, 3.63) is 45.3 Å². The van der Waals surface area contributed by atoms with Crippen LogP contribution in [0, 0.1) is 0 Å². The molecule has 1 aromatic heterocycles. The molecule has 0 saturated heterocycles. The first-order chi connectivity index (χ1) is 8.06. The first kappa shape index (κ1) is 12.2. The van der Waals surface area contributed by atoms with Crippen LogP contribution in [0.2, 0.25) is 10.0 Å². The summed E-state index contributed by atoms with van der Waals surface area (Å²) in [5.74, 6) is -0.540. The molecule has 2 aromatic rings. The predicted octanol–water partition coefficient (Wildman–Crippen LogP) is 4.55. The van der Waals surface area contributed by atoms with Gasteiger partial charge < -0.3 is 9.84 Å². The van der Waals surface area contributed by atoms with Crippen molar-refractivity contribution >= 4 is 40.5 Å². The SMILES string of the molecule is O=C(O)c1ccc(Oc2ccc(Cl)cc2Cl)s1. The van der Waals surface area contributed by atoms with Gasteiger partial charge in [-0.2, -0.15) is 0 Å². The first-order valence-corrected chi connectivity index (χ1v) is 6.09. The van der Waals surface area contributed by atoms with Gasteiger partial charge >= 0.3 is 5.97 Å². The monoisotopic (exact) mass is 288 g/mol. The van der Waals surface area contributed by atoms with Gasteiger partial charge in [-0.1, -0.05) is 34.5 Å². The van der Waals surface area contributed by atoms with Crippen LogP contribution in [0.1, 0.15) is 9.67 Å². The fourth-order valence-electron chi connectivity index (χ4n) is 1.16. The number of benzene rings is 1. The van der Waals surface area contributed by atoms with E-state index in [1.165, 1.54) is 6.07 Å². The molecule has 1 aromatic carbocycles. The van der Waals surface area contributed by atoms with Gasteiger partial charge in [-0.3, -0.25) is 0 Å². The van der Waals surface area contributed by atoms with Crippen LogP contribution in [0.5, 0.6) is 10.8 Å². The van der Waals surface area contributed by atoms with Crippen LogP contribution in [0.4, 0.5) is 0 Å². The molecule has 0 radical (unpaired) electrons. The van der Waals surface area contributed by atoms with Crippen LogP contribution in [0.3, 0.4) is 0 Å². The van der Waals surface area contributed by atoms with Crippen molar-refractivity contribution in [1.82, 2.24) is 0 Å². The summed E-state index contributed by atoms with van der Waals surface area (Å²) >= 11 is 12.7. The van der Waals surface area contributed by atoms with Crippen LogP contribution in [-0.4, -0.2) is 11.1 Å². The van der Waals surface area contributed by atoms with Gasteiger partial charge in [0.15, 0.2) is 5.06 Å². The third kappa shape index (κ3) is 2.91. The maximum absolute atomic E-state index is 10.7. The number of rotatable bonds is 3. The molecule has 0 aliphatic heterocycles. The number of hydrogen-bond acceptors (Lipinski definition) is 3. The van der Waals surface area contributed by atoms with E-state index in [2.05, 4.69) is 0 Å². The van der Waals surface area contributed by atoms with Crippen molar-refractivity contribution < 1.29 is 14.6 Å². The number of hydrogen-bond donors (Lipinski definition) is 1. The van der Waals surface area contributed by atoms with E-state index in [1.807, 2.05) is 0 Å². The number of carboxylic acids is 1. The molecule has 0 spiro atoms. The van der Waals surface area contributed by atoms with E-state index in [9.17, 15) is 4.79 Å². The second-order valence-electron chi connectivity index (χ2n) is 3.10. The molecule has 2 rings (SSSR count). The first-order valence-electron chi connectivity index (χ1n) is 4.52. The molecule has 6 heteroatoms. The third-order valence-electron chi connectivity index (χ3n) is 1.90. The Morgan fingerprint density at radius 3 is 2.59 bits per heavy atom. The lowest BCUT2D eigenvalue weighted by molar-refractivity contribution is 0.0702. The zero-order valence-electron chi connectivity index (χ0n) is 8.31. The van der Waals surface area contributed by atoms with Crippen LogP contribution >= 0.6 is 34.5 Å². The summed E-state index contributed by atoms with van der Waals surface area (Å²) in [6, 6.07) is 7.90. The van der Waals surface area contributed by atoms with E-state index in [0.717, 1.165) is 11.3 Å². The smallest absolute Gasteiger partial charge is 0.345 e. The summed E-state index contributed by atoms with van der Waals surface area (Å²) in [6.45, 7) is 0. The molecule has 17 heavy (non-hydrogen) atoms. The molecular formula is C11H6Cl2O3S. The summed E-state index contributed by atoms with van der Waals surface area (Å²) in [7, 11) is 0. The van der Waals surface area contributed by atoms with Gasteiger partial charge in [0.2, 0.25) is 0 Å². The largest absolute Gasteiger partial charge is 0.477 e. The van der Waals surface area contributed by atoms with Crippen molar-refractivity contribution in [3.63, 3.8) is 0 Å². The van der Waals surface area contributed by atoms with E-state index in [-0.39, 0.29) is 4.88 Å². The summed E-state index contributed by atoms with van der Waals surface area (Å²) < 4.78 is 5.46. The molecule has 0 aliphatic rings. The second-order valence-corrected chi connectivity index (χ2v) is 4.99. The van der Waals surface area contributed by atoms with Crippen molar-refractivity contribution in [2.75, 3.05) is 0 Å². The van der Waals surface area contributed by atoms with Gasteiger partial charge in [-0.25, -0.2) is 4.79 Å². The summed E-state index contributed by atoms with van der Waals surface area (Å²) in [4.78, 5) is 10.9. The third-order valence-corrected chi connectivity index (χ3v) is 3.38. The molecule has 0 unspecified atom stereocenters. The molecule has 1 heterocycles. The molecule has 0 bridgehead atoms. The topological polar surface area (TPSA) is 46.5 Å². The minimum absolute atomic E-state index is 0.213. The number of thiophene rings is 1. The van der Waals surface area contributed by atoms with Crippen molar-refractivity contribution in [2.24, 2.45) is 0 Å². The van der Waals surface area contributed by atoms with Gasteiger partial charge in [-0.05, 0) is 30.3 Å². The molecule has 0 fully saturated rings. The number of carbonyl (C=O) groups is 1. The normalized spacial score (nSPS) is 10.2. The molecular weight excluding hydrogens is 283 g/mol. The zero-order valence-corrected chi connectivity index (χ0v) is 10.6. The van der Waals surface area contributed by atoms with Gasteiger partial charge in [-0.15, -0.1) is 0 Å². The molecule has 0 aliphatic carbocycles. The number of ether oxygens (including phenoxy) is 1. The minimum Gasteiger partial charge on any atom is -0.477 e. The van der Waals surface area contributed by atoms with Gasteiger partial charge in [0, 0.05) is 5.02 Å². The van der Waals surface area contributed by atoms with Crippen LogP contribution < -0.4 is 4.74 Å². The summed E-state index contributed by atoms with van der Waals surface area (Å²) in [5, 5.41) is 10.1. The Balaban J connectivity index is 2.22. The lowest BCUT2D eigenvalue weighted by Crippen LogP contribution is -1.89. The summed E-state index contributed by atoms with van der Waals surface area (Å²) in [5.41, 5.74) is 0. The maximum Gasteiger partial charge on any atom is 0.345 e. The highest BCUT2D eigenvalue weighted by molar-refractivity contribution is 7.15. The molecule has 3 nitrogen and oxygen atoms in total. The number of halogens is 2. The highest BCUT2D eigenvalue weighted by atomic mass is 35.5. The number of aromatic carboxylic acids is 1. The Morgan fingerprint density at radius 1 is 1.24 bits per heavy atom. The highest BCUT2D eigenvalue weighted by Crippen LogP contribution is 2.34. The second kappa shape index (κ2) is 4.96. The molecule has 0 saturated carbocycles. The van der Waals surface area contributed by atoms with Crippen molar-refractivity contribution in [2.45, 2.75) is 0 Å². The summed E-state index contributed by atoms with van der Waals surface area (Å²) in [6.07, 6.45) is 0. The Labute approximate surface area is 111 Å². The fraction of sp³-hybridized carbons (Fsp3) is 0. The molecule has 88 valence electrons. The maximum atomic E-state index is 10.7. The Morgan fingerprint density at radius 2 is 2.00 bits per heavy atom. The Hall–Kier alpha value is -1.23. The lowest BCUT2D eigenvalue weighted by Gasteiger charge is -2.04. The van der Waals surface area contributed by atoms with E-state index in [0.29, 0.717) is 20.9 Å². The molecule has 1 N–H and O–H groups in total. The van der Waals surface area contributed by atoms with Crippen LogP contribution in [-0.2, 0) is 0 Å². The lowest BCUT2D eigenvalue weighted by atomic mass is 10.3. The van der Waals surface area contributed by atoms with Gasteiger partial charge in [0.05, 0.1) is 5.02 Å². The number of carboxylic acid groups (broad SMARTS) is 1. The fourth-order valence-corrected chi connectivity index (χ4v) is 2.31. The minimum atomic E-state index is -0.980. The van der Waals surface area contributed by atoms with E-state index >= 15 is 0 Å². The van der Waals surface area contributed by atoms with Crippen LogP contribution in [0.25, 0.3) is 0 Å². The zero-order chi connectivity index (χ0) is 12.4. The average molecular weight is 289 g/mol. The van der Waals surface area contributed by atoms with Gasteiger partial charge in [0.1, 0.15) is 10.6 Å². The predicted molar refractivity (Wildman–Crippen MR) is 67.8 cm³/mol. The van der Waals surface area contributed by atoms with Crippen molar-refractivity contribution in [3.8, 4) is 10.8 Å². The molecule has 0 atom stereocenters. The quantitative estimate of drug-likeness (QED) is 0.901. The average Bonchev–Trinajstić information content (AvgIpc) is 2.71. The molecule has 0 amide bonds. The van der Waals surface area contributed by atoms with E-state index in [4.69, 9.17) is 33.0 Å². The standard InChI is InChI=1S/C11H6Cl2O3S/c12-6-1-2-8(7(13)5-6)16-10-4-3-9(17-10)11(14)15/h1-5H,(H,14,15). The van der Waals surface area contributed by atoms with Crippen LogP contribution in [0.15, 0.2) is 30.3 Å². The van der Waals surface area contributed by atoms with Crippen molar-refractivity contribution in [1.29, 1.82) is 0 Å². The van der Waals surface area contributed by atoms with E-state index in [1.54, 1.807) is 24.3 Å². The van der Waals surface area contributed by atoms with Gasteiger partial charge in [0.25, 0.3) is 0 Å². The Bertz CT molecular complexity index is 566. The van der Waals surface area contributed by atoms with E-state index < -0.39 is 5.97 Å². The highest BCUT2D eigenvalue weighted by Gasteiger charge is 2.10.